The van der Waals surface area contributed by atoms with Crippen LogP contribution >= 0.6 is 11.3 Å². The number of carbonyl (C=O) groups is 2. The highest BCUT2D eigenvalue weighted by atomic mass is 32.1. The maximum Gasteiger partial charge on any atom is 0.279 e. The Morgan fingerprint density at radius 2 is 2.10 bits per heavy atom. The zero-order chi connectivity index (χ0) is 22.0. The van der Waals surface area contributed by atoms with Crippen LogP contribution in [0, 0.1) is 0 Å². The lowest BCUT2D eigenvalue weighted by Gasteiger charge is -2.13. The van der Waals surface area contributed by atoms with Crippen molar-refractivity contribution in [2.75, 3.05) is 24.3 Å². The Balaban J connectivity index is 1.48. The van der Waals surface area contributed by atoms with Gasteiger partial charge in [0.2, 0.25) is 0 Å². The number of amides is 1. The number of Topliss-reactive ketones (excluding diaryl/α,β-unsaturated/α-hetero) is 1. The molecule has 1 aromatic carbocycles. The summed E-state index contributed by atoms with van der Waals surface area (Å²) in [5.74, 6) is 0.275. The number of aromatic nitrogens is 4. The largest absolute Gasteiger partial charge is 0.443 e. The summed E-state index contributed by atoms with van der Waals surface area (Å²) in [7, 11) is 3.88. The number of oxazole rings is 1. The van der Waals surface area contributed by atoms with Crippen LogP contribution < -0.4 is 10.2 Å². The normalized spacial score (nSPS) is 10.8. The molecule has 3 aromatic heterocycles. The van der Waals surface area contributed by atoms with Crippen LogP contribution in [0.1, 0.15) is 32.9 Å². The quantitative estimate of drug-likeness (QED) is 0.442. The standard InChI is InChI=1S/C21H20N6O3S/c1-13(28)16-11-31-18(23-16)10-27-8-7-17(25-27)24-21(29)19-20(30-12-22-19)14-5-4-6-15(9-14)26(2)3/h4-9,11-12H,10H2,1-3H3,(H,24,25,29). The van der Waals surface area contributed by atoms with E-state index in [4.69, 9.17) is 4.42 Å². The van der Waals surface area contributed by atoms with E-state index in [0.717, 1.165) is 16.3 Å². The minimum Gasteiger partial charge on any atom is -0.443 e. The van der Waals surface area contributed by atoms with Gasteiger partial charge in [-0.25, -0.2) is 9.97 Å². The molecule has 0 atom stereocenters. The Hall–Kier alpha value is -3.79. The van der Waals surface area contributed by atoms with Crippen LogP contribution in [0.5, 0.6) is 0 Å². The zero-order valence-electron chi connectivity index (χ0n) is 17.2. The first-order valence-corrected chi connectivity index (χ1v) is 10.3. The van der Waals surface area contributed by atoms with Crippen molar-refractivity contribution < 1.29 is 14.0 Å². The average Bonchev–Trinajstić information content (AvgIpc) is 3.49. The maximum atomic E-state index is 12.8. The third-order valence-electron chi connectivity index (χ3n) is 4.50. The highest BCUT2D eigenvalue weighted by molar-refractivity contribution is 7.09. The number of hydrogen-bond acceptors (Lipinski definition) is 8. The smallest absolute Gasteiger partial charge is 0.279 e. The third kappa shape index (κ3) is 4.53. The third-order valence-corrected chi connectivity index (χ3v) is 5.33. The van der Waals surface area contributed by atoms with Gasteiger partial charge in [0.25, 0.3) is 5.91 Å². The summed E-state index contributed by atoms with van der Waals surface area (Å²) in [4.78, 5) is 34.5. The molecule has 31 heavy (non-hydrogen) atoms. The number of thiazole rings is 1. The maximum absolute atomic E-state index is 12.8. The second kappa shape index (κ2) is 8.52. The van der Waals surface area contributed by atoms with E-state index in [1.54, 1.807) is 22.3 Å². The molecule has 0 unspecified atom stereocenters. The predicted molar refractivity (Wildman–Crippen MR) is 118 cm³/mol. The fourth-order valence-corrected chi connectivity index (χ4v) is 3.74. The number of ketones is 1. The van der Waals surface area contributed by atoms with Gasteiger partial charge in [0.15, 0.2) is 29.4 Å². The van der Waals surface area contributed by atoms with E-state index in [1.807, 2.05) is 43.3 Å². The number of benzene rings is 1. The first-order chi connectivity index (χ1) is 14.9. The molecule has 0 aliphatic carbocycles. The first-order valence-electron chi connectivity index (χ1n) is 9.42. The Bertz CT molecular complexity index is 1240. The molecule has 0 spiro atoms. The number of hydrogen-bond donors (Lipinski definition) is 1. The molecule has 0 radical (unpaired) electrons. The lowest BCUT2D eigenvalue weighted by Crippen LogP contribution is -2.14. The molecule has 1 amide bonds. The van der Waals surface area contributed by atoms with E-state index in [2.05, 4.69) is 20.4 Å². The number of anilines is 2. The number of carbonyl (C=O) groups excluding carboxylic acids is 2. The lowest BCUT2D eigenvalue weighted by atomic mass is 10.1. The molecule has 9 nitrogen and oxygen atoms in total. The summed E-state index contributed by atoms with van der Waals surface area (Å²) >= 11 is 1.39. The predicted octanol–water partition coefficient (Wildman–Crippen LogP) is 3.56. The van der Waals surface area contributed by atoms with Crippen LogP contribution in [-0.2, 0) is 6.54 Å². The van der Waals surface area contributed by atoms with Crippen molar-refractivity contribution in [3.63, 3.8) is 0 Å². The van der Waals surface area contributed by atoms with E-state index in [0.29, 0.717) is 23.8 Å². The number of rotatable bonds is 7. The number of nitrogens with one attached hydrogen (secondary N) is 1. The van der Waals surface area contributed by atoms with Gasteiger partial charge in [-0.05, 0) is 12.1 Å². The molecule has 0 saturated heterocycles. The fourth-order valence-electron chi connectivity index (χ4n) is 2.91. The fraction of sp³-hybridized carbons (Fsp3) is 0.190. The number of nitrogens with zero attached hydrogens (tertiary/aromatic N) is 5. The molecule has 4 rings (SSSR count). The SMILES string of the molecule is CC(=O)c1csc(Cn2ccc(NC(=O)c3ncoc3-c3cccc(N(C)C)c3)n2)n1. The topological polar surface area (TPSA) is 106 Å². The minimum atomic E-state index is -0.419. The Labute approximate surface area is 182 Å². The van der Waals surface area contributed by atoms with Crippen LogP contribution in [-0.4, -0.2) is 45.5 Å². The molecule has 158 valence electrons. The Morgan fingerprint density at radius 1 is 1.26 bits per heavy atom. The summed E-state index contributed by atoms with van der Waals surface area (Å²) in [5, 5.41) is 9.58. The molecule has 3 heterocycles. The van der Waals surface area contributed by atoms with E-state index in [1.165, 1.54) is 24.7 Å². The summed E-state index contributed by atoms with van der Waals surface area (Å²) in [6, 6.07) is 9.34. The van der Waals surface area contributed by atoms with E-state index in [-0.39, 0.29) is 11.5 Å². The van der Waals surface area contributed by atoms with Gasteiger partial charge in [-0.3, -0.25) is 14.3 Å². The summed E-state index contributed by atoms with van der Waals surface area (Å²) in [6.45, 7) is 1.88. The zero-order valence-corrected chi connectivity index (χ0v) is 18.0. The van der Waals surface area contributed by atoms with E-state index >= 15 is 0 Å². The molecule has 0 aliphatic rings. The van der Waals surface area contributed by atoms with Gasteiger partial charge in [-0.2, -0.15) is 5.10 Å². The molecular weight excluding hydrogens is 416 g/mol. The summed E-state index contributed by atoms with van der Waals surface area (Å²) in [6.07, 6.45) is 2.98. The van der Waals surface area contributed by atoms with Crippen LogP contribution in [0.4, 0.5) is 11.5 Å². The molecule has 0 fully saturated rings. The molecule has 1 N–H and O–H groups in total. The van der Waals surface area contributed by atoms with Crippen molar-refractivity contribution in [1.29, 1.82) is 0 Å². The lowest BCUT2D eigenvalue weighted by molar-refractivity contribution is 0.100. The van der Waals surface area contributed by atoms with E-state index in [9.17, 15) is 9.59 Å². The van der Waals surface area contributed by atoms with Crippen molar-refractivity contribution >= 4 is 34.5 Å². The molecule has 0 aliphatic heterocycles. The van der Waals surface area contributed by atoms with Gasteiger partial charge in [0.05, 0.1) is 6.54 Å². The van der Waals surface area contributed by atoms with Crippen molar-refractivity contribution in [3.8, 4) is 11.3 Å². The molecule has 0 saturated carbocycles. The van der Waals surface area contributed by atoms with Gasteiger partial charge in [0.1, 0.15) is 10.7 Å². The van der Waals surface area contributed by atoms with Crippen LogP contribution in [0.15, 0.2) is 52.7 Å². The van der Waals surface area contributed by atoms with Gasteiger partial charge in [-0.15, -0.1) is 11.3 Å². The monoisotopic (exact) mass is 436 g/mol. The molecule has 10 heteroatoms. The average molecular weight is 436 g/mol. The summed E-state index contributed by atoms with van der Waals surface area (Å²) in [5.41, 5.74) is 2.35. The van der Waals surface area contributed by atoms with Gasteiger partial charge in [0, 0.05) is 49.9 Å². The molecular formula is C21H20N6O3S. The van der Waals surface area contributed by atoms with Crippen LogP contribution in [0.25, 0.3) is 11.3 Å². The van der Waals surface area contributed by atoms with Crippen molar-refractivity contribution in [1.82, 2.24) is 19.7 Å². The summed E-state index contributed by atoms with van der Waals surface area (Å²) < 4.78 is 7.14. The van der Waals surface area contributed by atoms with Crippen molar-refractivity contribution in [2.45, 2.75) is 13.5 Å². The van der Waals surface area contributed by atoms with Gasteiger partial charge in [-0.1, -0.05) is 12.1 Å². The van der Waals surface area contributed by atoms with Gasteiger partial charge < -0.3 is 14.6 Å². The minimum absolute atomic E-state index is 0.0737. The van der Waals surface area contributed by atoms with E-state index < -0.39 is 5.91 Å². The first kappa shape index (κ1) is 20.5. The van der Waals surface area contributed by atoms with Crippen molar-refractivity contribution in [3.05, 3.63) is 64.7 Å². The van der Waals surface area contributed by atoms with Gasteiger partial charge >= 0.3 is 0 Å². The Morgan fingerprint density at radius 3 is 2.84 bits per heavy atom. The van der Waals surface area contributed by atoms with Crippen LogP contribution in [0.2, 0.25) is 0 Å². The highest BCUT2D eigenvalue weighted by Crippen LogP contribution is 2.27. The second-order valence-electron chi connectivity index (χ2n) is 7.01. The van der Waals surface area contributed by atoms with Crippen molar-refractivity contribution in [2.24, 2.45) is 0 Å². The molecule has 4 aromatic rings. The molecule has 0 bridgehead atoms. The Kier molecular flexibility index (Phi) is 5.63. The van der Waals surface area contributed by atoms with Crippen LogP contribution in [0.3, 0.4) is 0 Å². The second-order valence-corrected chi connectivity index (χ2v) is 7.95. The highest BCUT2D eigenvalue weighted by Gasteiger charge is 2.20.